The zero-order valence-corrected chi connectivity index (χ0v) is 17.9. The van der Waals surface area contributed by atoms with Crippen LogP contribution in [0.2, 0.25) is 0 Å². The molecule has 1 aromatic rings. The summed E-state index contributed by atoms with van der Waals surface area (Å²) in [6, 6.07) is 0. The van der Waals surface area contributed by atoms with Crippen LogP contribution in [-0.2, 0) is 31.6 Å². The summed E-state index contributed by atoms with van der Waals surface area (Å²) < 4.78 is 65.5. The number of nitrogens with zero attached hydrogens (tertiary/aromatic N) is 1. The summed E-state index contributed by atoms with van der Waals surface area (Å²) in [5.41, 5.74) is -0.165. The Morgan fingerprint density at radius 3 is 2.48 bits per heavy atom. The number of ether oxygens (including phenoxy) is 1. The smallest absolute Gasteiger partial charge is 0.349 e. The molecule has 5 atom stereocenters. The summed E-state index contributed by atoms with van der Waals surface area (Å²) in [6.45, 7) is 0.640. The Balaban J connectivity index is 2.03. The first-order valence-corrected chi connectivity index (χ1v) is 12.4. The number of rotatable bonds is 8. The maximum atomic E-state index is 14.2. The van der Waals surface area contributed by atoms with Crippen molar-refractivity contribution < 1.29 is 55.5 Å². The molecule has 1 aromatic heterocycles. The minimum absolute atomic E-state index is 0.185. The topological polar surface area (TPSA) is 207 Å². The van der Waals surface area contributed by atoms with Gasteiger partial charge >= 0.3 is 29.2 Å². The summed E-state index contributed by atoms with van der Waals surface area (Å²) >= 11 is 4.90. The lowest BCUT2D eigenvalue weighted by Crippen LogP contribution is -2.28. The Morgan fingerprint density at radius 1 is 1.28 bits per heavy atom. The number of alkyl halides is 1. The Labute approximate surface area is 166 Å². The molecule has 0 bridgehead atoms. The van der Waals surface area contributed by atoms with Gasteiger partial charge in [0.15, 0.2) is 0 Å². The Hall–Kier alpha value is -0.600. The summed E-state index contributed by atoms with van der Waals surface area (Å²) in [5, 5.41) is 0. The fourth-order valence-electron chi connectivity index (χ4n) is 2.28. The van der Waals surface area contributed by atoms with Gasteiger partial charge in [0.2, 0.25) is 0 Å². The van der Waals surface area contributed by atoms with Gasteiger partial charge in [-0.05, 0) is 6.92 Å². The minimum Gasteiger partial charge on any atom is -0.349 e. The average molecular weight is 500 g/mol. The summed E-state index contributed by atoms with van der Waals surface area (Å²) in [7, 11) is -16.6. The molecular formula is C10H16FN2O12P3S. The van der Waals surface area contributed by atoms with Crippen LogP contribution in [0.15, 0.2) is 11.0 Å². The van der Waals surface area contributed by atoms with Crippen LogP contribution >= 0.6 is 35.7 Å². The highest BCUT2D eigenvalue weighted by atomic mass is 32.1. The number of aryl methyl sites for hydroxylation is 1. The van der Waals surface area contributed by atoms with Crippen molar-refractivity contribution in [3.05, 3.63) is 26.9 Å². The van der Waals surface area contributed by atoms with Crippen molar-refractivity contribution in [2.45, 2.75) is 31.8 Å². The van der Waals surface area contributed by atoms with Crippen molar-refractivity contribution in [2.75, 3.05) is 6.61 Å². The molecule has 1 aliphatic rings. The second kappa shape index (κ2) is 8.87. The SMILES string of the molecule is Cc1cn([C@H]2C[C@H](F)[C@@H](COP(=O)(O)OP(=O)(O)OP(=O)(O)O)O2)c(=O)[nH]c1=S. The first-order valence-electron chi connectivity index (χ1n) is 7.48. The first-order chi connectivity index (χ1) is 13.1. The molecule has 1 aliphatic heterocycles. The highest BCUT2D eigenvalue weighted by Gasteiger charge is 2.43. The number of nitrogens with one attached hydrogen (secondary N) is 1. The van der Waals surface area contributed by atoms with E-state index < -0.39 is 54.3 Å². The molecule has 2 rings (SSSR count). The van der Waals surface area contributed by atoms with Crippen LogP contribution in [-0.4, -0.2) is 48.0 Å². The van der Waals surface area contributed by atoms with Crippen molar-refractivity contribution in [3.63, 3.8) is 0 Å². The van der Waals surface area contributed by atoms with E-state index in [-0.39, 0.29) is 11.1 Å². The van der Waals surface area contributed by atoms with Crippen LogP contribution in [0.4, 0.5) is 4.39 Å². The van der Waals surface area contributed by atoms with Gasteiger partial charge in [-0.3, -0.25) is 14.1 Å². The number of halogens is 1. The Morgan fingerprint density at radius 2 is 1.90 bits per heavy atom. The highest BCUT2D eigenvalue weighted by molar-refractivity contribution is 7.71. The molecule has 2 heterocycles. The quantitative estimate of drug-likeness (QED) is 0.251. The second-order valence-corrected chi connectivity index (χ2v) is 10.6. The average Bonchev–Trinajstić information content (AvgIpc) is 2.86. The summed E-state index contributed by atoms with van der Waals surface area (Å²) in [5.74, 6) is 0. The van der Waals surface area contributed by atoms with Gasteiger partial charge in [-0.15, -0.1) is 0 Å². The number of hydrogen-bond donors (Lipinski definition) is 5. The van der Waals surface area contributed by atoms with E-state index in [1.54, 1.807) is 6.92 Å². The maximum Gasteiger partial charge on any atom is 0.490 e. The van der Waals surface area contributed by atoms with Crippen molar-refractivity contribution in [1.29, 1.82) is 0 Å². The van der Waals surface area contributed by atoms with E-state index in [0.717, 1.165) is 4.57 Å². The molecule has 19 heteroatoms. The second-order valence-electron chi connectivity index (χ2n) is 5.75. The summed E-state index contributed by atoms with van der Waals surface area (Å²) in [4.78, 5) is 49.6. The Kier molecular flexibility index (Phi) is 7.54. The molecule has 2 unspecified atom stereocenters. The fraction of sp³-hybridized carbons (Fsp3) is 0.600. The normalized spacial score (nSPS) is 26.8. The zero-order chi connectivity index (χ0) is 22.2. The molecule has 0 amide bonds. The van der Waals surface area contributed by atoms with E-state index in [2.05, 4.69) is 18.1 Å². The first kappa shape index (κ1) is 24.7. The van der Waals surface area contributed by atoms with Gasteiger partial charge in [0.05, 0.1) is 6.61 Å². The molecule has 29 heavy (non-hydrogen) atoms. The molecular weight excluding hydrogens is 484 g/mol. The molecule has 5 N–H and O–H groups in total. The summed E-state index contributed by atoms with van der Waals surface area (Å²) in [6.07, 6.45) is -3.32. The lowest BCUT2D eigenvalue weighted by Gasteiger charge is -2.19. The molecule has 1 fully saturated rings. The highest BCUT2D eigenvalue weighted by Crippen LogP contribution is 2.66. The monoisotopic (exact) mass is 500 g/mol. The standard InChI is InChI=1S/C10H16FN2O12P3S/c1-5-3-13(10(14)12-9(5)29)8-2-6(11)7(23-8)4-22-27(18,19)25-28(20,21)24-26(15,16)17/h3,6-8H,2,4H2,1H3,(H,18,19)(H,20,21)(H,12,14,29)(H2,15,16,17)/t6-,7+,8+/m0/s1. The lowest BCUT2D eigenvalue weighted by molar-refractivity contribution is -0.0350. The number of hydrogen-bond acceptors (Lipinski definition) is 9. The lowest BCUT2D eigenvalue weighted by atomic mass is 10.2. The van der Waals surface area contributed by atoms with Crippen LogP contribution in [0.3, 0.4) is 0 Å². The zero-order valence-electron chi connectivity index (χ0n) is 14.4. The molecule has 1 saturated heterocycles. The number of H-pyrrole nitrogens is 1. The van der Waals surface area contributed by atoms with Gasteiger partial charge < -0.3 is 24.3 Å². The predicted octanol–water partition coefficient (Wildman–Crippen LogP) is 1.18. The van der Waals surface area contributed by atoms with E-state index in [1.165, 1.54) is 6.20 Å². The van der Waals surface area contributed by atoms with Crippen molar-refractivity contribution >= 4 is 35.7 Å². The number of phosphoric acid groups is 3. The van der Waals surface area contributed by atoms with E-state index in [0.29, 0.717) is 5.56 Å². The minimum atomic E-state index is -5.68. The third-order valence-corrected chi connectivity index (χ3v) is 7.66. The van der Waals surface area contributed by atoms with Crippen LogP contribution in [0, 0.1) is 11.6 Å². The number of phosphoric ester groups is 1. The Bertz CT molecular complexity index is 1020. The predicted molar refractivity (Wildman–Crippen MR) is 93.9 cm³/mol. The fourth-order valence-corrected chi connectivity index (χ4v) is 5.45. The van der Waals surface area contributed by atoms with Crippen molar-refractivity contribution in [3.8, 4) is 0 Å². The van der Waals surface area contributed by atoms with Crippen molar-refractivity contribution in [2.24, 2.45) is 0 Å². The van der Waals surface area contributed by atoms with Gasteiger partial charge in [-0.25, -0.2) is 22.9 Å². The largest absolute Gasteiger partial charge is 0.490 e. The molecule has 0 radical (unpaired) electrons. The molecule has 0 aromatic carbocycles. The molecule has 0 saturated carbocycles. The van der Waals surface area contributed by atoms with E-state index in [4.69, 9.17) is 31.6 Å². The van der Waals surface area contributed by atoms with Gasteiger partial charge in [0.25, 0.3) is 0 Å². The maximum absolute atomic E-state index is 14.2. The van der Waals surface area contributed by atoms with E-state index in [9.17, 15) is 27.8 Å². The van der Waals surface area contributed by atoms with E-state index >= 15 is 0 Å². The number of aromatic amines is 1. The number of aromatic nitrogens is 2. The van der Waals surface area contributed by atoms with Crippen LogP contribution in [0.1, 0.15) is 18.2 Å². The van der Waals surface area contributed by atoms with Gasteiger partial charge in [-0.1, -0.05) is 12.2 Å². The third kappa shape index (κ3) is 7.24. The molecule has 0 aliphatic carbocycles. The molecule has 166 valence electrons. The van der Waals surface area contributed by atoms with Crippen molar-refractivity contribution in [1.82, 2.24) is 9.55 Å². The van der Waals surface area contributed by atoms with Crippen LogP contribution in [0.5, 0.6) is 0 Å². The van der Waals surface area contributed by atoms with Crippen LogP contribution < -0.4 is 5.69 Å². The van der Waals surface area contributed by atoms with Gasteiger partial charge in [-0.2, -0.15) is 8.62 Å². The van der Waals surface area contributed by atoms with Gasteiger partial charge in [0.1, 0.15) is 23.1 Å². The van der Waals surface area contributed by atoms with Gasteiger partial charge in [0, 0.05) is 18.2 Å². The van der Waals surface area contributed by atoms with Crippen LogP contribution in [0.25, 0.3) is 0 Å². The third-order valence-electron chi connectivity index (χ3n) is 3.44. The molecule has 0 spiro atoms. The molecule has 14 nitrogen and oxygen atoms in total. The van der Waals surface area contributed by atoms with E-state index in [1.807, 2.05) is 0 Å².